The number of hydrogen-bond donors (Lipinski definition) is 1. The summed E-state index contributed by atoms with van der Waals surface area (Å²) in [6, 6.07) is 14.4. The number of carbonyl (C=O) groups is 1. The van der Waals surface area contributed by atoms with Crippen LogP contribution in [0.5, 0.6) is 0 Å². The van der Waals surface area contributed by atoms with Crippen molar-refractivity contribution in [1.29, 1.82) is 0 Å². The second-order valence-corrected chi connectivity index (χ2v) is 5.26. The minimum Gasteiger partial charge on any atom is -0.465 e. The smallest absolute Gasteiger partial charge is 0.248 e. The van der Waals surface area contributed by atoms with Gasteiger partial charge in [0.2, 0.25) is 11.8 Å². The van der Waals surface area contributed by atoms with Gasteiger partial charge in [-0.05, 0) is 54.6 Å². The maximum atomic E-state index is 11.9. The molecule has 0 aliphatic heterocycles. The fourth-order valence-electron chi connectivity index (χ4n) is 2.32. The summed E-state index contributed by atoms with van der Waals surface area (Å²) in [4.78, 5) is 20.4. The van der Waals surface area contributed by atoms with Crippen molar-refractivity contribution in [2.75, 3.05) is 5.32 Å². The number of nitrogens with zero attached hydrogens (tertiary/aromatic N) is 2. The first-order valence-electron chi connectivity index (χ1n) is 7.62. The van der Waals surface area contributed by atoms with Crippen molar-refractivity contribution in [3.8, 4) is 11.5 Å². The van der Waals surface area contributed by atoms with Gasteiger partial charge in [0.05, 0.1) is 6.26 Å². The predicted octanol–water partition coefficient (Wildman–Crippen LogP) is 4.13. The molecule has 6 heteroatoms. The van der Waals surface area contributed by atoms with Crippen LogP contribution in [-0.4, -0.2) is 15.9 Å². The van der Waals surface area contributed by atoms with E-state index >= 15 is 0 Å². The van der Waals surface area contributed by atoms with Gasteiger partial charge in [-0.1, -0.05) is 0 Å². The standard InChI is InChI=1S/C19H13N3O3/c23-17(10-9-15-3-2-12-24-15)21-14-7-5-13(6-8-14)19-22-18-16(25-19)4-1-11-20-18/h1-12H,(H,21,23)/b10-9+. The van der Waals surface area contributed by atoms with Gasteiger partial charge in [-0.15, -0.1) is 0 Å². The number of furan rings is 1. The molecule has 0 aliphatic carbocycles. The lowest BCUT2D eigenvalue weighted by molar-refractivity contribution is -0.111. The van der Waals surface area contributed by atoms with Gasteiger partial charge in [0, 0.05) is 23.5 Å². The molecule has 25 heavy (non-hydrogen) atoms. The average molecular weight is 331 g/mol. The van der Waals surface area contributed by atoms with E-state index in [-0.39, 0.29) is 5.91 Å². The summed E-state index contributed by atoms with van der Waals surface area (Å²) in [6.07, 6.45) is 6.25. The number of oxazole rings is 1. The van der Waals surface area contributed by atoms with E-state index in [9.17, 15) is 4.79 Å². The highest BCUT2D eigenvalue weighted by Crippen LogP contribution is 2.24. The molecule has 0 saturated carbocycles. The molecule has 0 unspecified atom stereocenters. The van der Waals surface area contributed by atoms with E-state index in [2.05, 4.69) is 15.3 Å². The van der Waals surface area contributed by atoms with Crippen molar-refractivity contribution in [2.24, 2.45) is 0 Å². The first-order valence-corrected chi connectivity index (χ1v) is 7.62. The first kappa shape index (κ1) is 14.9. The van der Waals surface area contributed by atoms with E-state index in [1.54, 1.807) is 48.9 Å². The van der Waals surface area contributed by atoms with Gasteiger partial charge in [-0.2, -0.15) is 4.98 Å². The molecular weight excluding hydrogens is 318 g/mol. The molecule has 0 radical (unpaired) electrons. The number of nitrogens with one attached hydrogen (secondary N) is 1. The third-order valence-corrected chi connectivity index (χ3v) is 3.51. The molecule has 1 amide bonds. The third kappa shape index (κ3) is 3.32. The molecule has 0 atom stereocenters. The fourth-order valence-corrected chi connectivity index (χ4v) is 2.32. The summed E-state index contributed by atoms with van der Waals surface area (Å²) in [5.74, 6) is 0.870. The summed E-state index contributed by atoms with van der Waals surface area (Å²) in [5, 5.41) is 2.78. The van der Waals surface area contributed by atoms with E-state index in [1.165, 1.54) is 6.08 Å². The van der Waals surface area contributed by atoms with Crippen molar-refractivity contribution in [2.45, 2.75) is 0 Å². The molecule has 0 fully saturated rings. The first-order chi connectivity index (χ1) is 12.3. The van der Waals surface area contributed by atoms with Crippen LogP contribution >= 0.6 is 0 Å². The van der Waals surface area contributed by atoms with E-state index in [4.69, 9.17) is 8.83 Å². The molecular formula is C19H13N3O3. The monoisotopic (exact) mass is 331 g/mol. The molecule has 1 aromatic carbocycles. The van der Waals surface area contributed by atoms with Crippen LogP contribution in [0.25, 0.3) is 28.8 Å². The normalized spacial score (nSPS) is 11.2. The van der Waals surface area contributed by atoms with Crippen LogP contribution in [-0.2, 0) is 4.79 Å². The molecule has 0 bridgehead atoms. The van der Waals surface area contributed by atoms with Crippen LogP contribution in [0.3, 0.4) is 0 Å². The van der Waals surface area contributed by atoms with Crippen molar-refractivity contribution in [3.05, 3.63) is 72.8 Å². The average Bonchev–Trinajstić information content (AvgIpc) is 3.30. The van der Waals surface area contributed by atoms with Crippen LogP contribution in [0.1, 0.15) is 5.76 Å². The molecule has 4 rings (SSSR count). The molecule has 0 saturated heterocycles. The summed E-state index contributed by atoms with van der Waals surface area (Å²) in [7, 11) is 0. The number of carbonyl (C=O) groups excluding carboxylic acids is 1. The third-order valence-electron chi connectivity index (χ3n) is 3.51. The molecule has 122 valence electrons. The Bertz CT molecular complexity index is 998. The Labute approximate surface area is 142 Å². The van der Waals surface area contributed by atoms with Crippen LogP contribution < -0.4 is 5.32 Å². The number of aromatic nitrogens is 2. The summed E-state index contributed by atoms with van der Waals surface area (Å²) in [6.45, 7) is 0. The van der Waals surface area contributed by atoms with E-state index in [1.807, 2.05) is 18.2 Å². The second-order valence-electron chi connectivity index (χ2n) is 5.26. The Morgan fingerprint density at radius 2 is 1.96 bits per heavy atom. The number of benzene rings is 1. The fraction of sp³-hybridized carbons (Fsp3) is 0. The van der Waals surface area contributed by atoms with Gasteiger partial charge in [-0.3, -0.25) is 4.79 Å². The van der Waals surface area contributed by atoms with Gasteiger partial charge >= 0.3 is 0 Å². The summed E-state index contributed by atoms with van der Waals surface area (Å²) in [5.41, 5.74) is 2.69. The largest absolute Gasteiger partial charge is 0.465 e. The zero-order chi connectivity index (χ0) is 17.1. The Kier molecular flexibility index (Phi) is 3.84. The Balaban J connectivity index is 1.47. The van der Waals surface area contributed by atoms with Crippen LogP contribution in [0.4, 0.5) is 5.69 Å². The summed E-state index contributed by atoms with van der Waals surface area (Å²) >= 11 is 0. The number of hydrogen-bond acceptors (Lipinski definition) is 5. The molecule has 3 heterocycles. The number of rotatable bonds is 4. The lowest BCUT2D eigenvalue weighted by Gasteiger charge is -2.02. The number of fused-ring (bicyclic) bond motifs is 1. The second kappa shape index (κ2) is 6.45. The Morgan fingerprint density at radius 1 is 1.08 bits per heavy atom. The minimum atomic E-state index is -0.241. The number of pyridine rings is 1. The van der Waals surface area contributed by atoms with Gasteiger partial charge < -0.3 is 14.2 Å². The van der Waals surface area contributed by atoms with E-state index in [0.717, 1.165) is 5.56 Å². The van der Waals surface area contributed by atoms with Crippen LogP contribution in [0.15, 0.2) is 75.9 Å². The van der Waals surface area contributed by atoms with Crippen molar-refractivity contribution in [3.63, 3.8) is 0 Å². The lowest BCUT2D eigenvalue weighted by atomic mass is 10.2. The maximum Gasteiger partial charge on any atom is 0.248 e. The zero-order valence-electron chi connectivity index (χ0n) is 13.0. The molecule has 1 N–H and O–H groups in total. The van der Waals surface area contributed by atoms with Gasteiger partial charge in [0.25, 0.3) is 0 Å². The Hall–Kier alpha value is -3.67. The number of amides is 1. The SMILES string of the molecule is O=C(/C=C/c1ccco1)Nc1ccc(-c2nc3ncccc3o2)cc1. The van der Waals surface area contributed by atoms with Gasteiger partial charge in [-0.25, -0.2) is 4.98 Å². The minimum absolute atomic E-state index is 0.241. The predicted molar refractivity (Wildman–Crippen MR) is 93.6 cm³/mol. The van der Waals surface area contributed by atoms with E-state index in [0.29, 0.717) is 28.6 Å². The highest BCUT2D eigenvalue weighted by molar-refractivity contribution is 6.01. The Morgan fingerprint density at radius 3 is 2.72 bits per heavy atom. The molecule has 3 aromatic heterocycles. The number of anilines is 1. The molecule has 4 aromatic rings. The van der Waals surface area contributed by atoms with Crippen molar-refractivity contribution >= 4 is 28.9 Å². The zero-order valence-corrected chi connectivity index (χ0v) is 13.0. The van der Waals surface area contributed by atoms with Gasteiger partial charge in [0.1, 0.15) is 5.76 Å². The highest BCUT2D eigenvalue weighted by atomic mass is 16.3. The summed E-state index contributed by atoms with van der Waals surface area (Å²) < 4.78 is 10.8. The quantitative estimate of drug-likeness (QED) is 0.569. The van der Waals surface area contributed by atoms with Crippen molar-refractivity contribution in [1.82, 2.24) is 9.97 Å². The lowest BCUT2D eigenvalue weighted by Crippen LogP contribution is -2.07. The van der Waals surface area contributed by atoms with Crippen LogP contribution in [0.2, 0.25) is 0 Å². The topological polar surface area (TPSA) is 81.2 Å². The van der Waals surface area contributed by atoms with Crippen molar-refractivity contribution < 1.29 is 13.6 Å². The van der Waals surface area contributed by atoms with Gasteiger partial charge in [0.15, 0.2) is 11.2 Å². The molecule has 6 nitrogen and oxygen atoms in total. The van der Waals surface area contributed by atoms with E-state index < -0.39 is 0 Å². The maximum absolute atomic E-state index is 11.9. The molecule has 0 aliphatic rings. The molecule has 0 spiro atoms. The van der Waals surface area contributed by atoms with Crippen LogP contribution in [0, 0.1) is 0 Å². The highest BCUT2D eigenvalue weighted by Gasteiger charge is 2.08.